The Morgan fingerprint density at radius 1 is 1.05 bits per heavy atom. The summed E-state index contributed by atoms with van der Waals surface area (Å²) in [7, 11) is 0. The zero-order valence-corrected chi connectivity index (χ0v) is 21.7. The highest BCUT2D eigenvalue weighted by atomic mass is 16.3. The highest BCUT2D eigenvalue weighted by molar-refractivity contribution is 5.77. The van der Waals surface area contributed by atoms with Crippen molar-refractivity contribution in [1.82, 2.24) is 29.5 Å². The summed E-state index contributed by atoms with van der Waals surface area (Å²) >= 11 is 0. The van der Waals surface area contributed by atoms with Gasteiger partial charge in [-0.05, 0) is 60.1 Å². The number of aliphatic hydroxyl groups is 1. The maximum atomic E-state index is 11.2. The molecule has 7 nitrogen and oxygen atoms in total. The summed E-state index contributed by atoms with van der Waals surface area (Å²) in [5.74, 6) is 1.13. The van der Waals surface area contributed by atoms with Crippen LogP contribution in [0.15, 0.2) is 67.1 Å². The Morgan fingerprint density at radius 3 is 2.70 bits per heavy atom. The van der Waals surface area contributed by atoms with Gasteiger partial charge in [0.15, 0.2) is 5.65 Å². The molecular weight excluding hydrogens is 460 g/mol. The highest BCUT2D eigenvalue weighted by Crippen LogP contribution is 2.47. The third kappa shape index (κ3) is 4.33. The van der Waals surface area contributed by atoms with Crippen molar-refractivity contribution in [2.45, 2.75) is 52.6 Å². The van der Waals surface area contributed by atoms with E-state index in [0.717, 1.165) is 39.8 Å². The quantitative estimate of drug-likeness (QED) is 0.343. The van der Waals surface area contributed by atoms with Gasteiger partial charge in [-0.15, -0.1) is 0 Å². The SMILES string of the molecule is Cc1cccc(-c2[nH]c(CC([C@H]3c4ccccc4C[C@H]3O)C(C)(C)C)nc2-c2ccc3ncnn3c2)n1. The normalized spacial score (nSPS) is 18.3. The zero-order chi connectivity index (χ0) is 25.7. The molecule has 0 saturated heterocycles. The van der Waals surface area contributed by atoms with Gasteiger partial charge >= 0.3 is 0 Å². The van der Waals surface area contributed by atoms with E-state index in [1.807, 2.05) is 43.5 Å². The van der Waals surface area contributed by atoms with Crippen molar-refractivity contribution >= 4 is 5.65 Å². The first-order chi connectivity index (χ1) is 17.8. The topological polar surface area (TPSA) is 92.0 Å². The Labute approximate surface area is 216 Å². The van der Waals surface area contributed by atoms with E-state index in [0.29, 0.717) is 12.8 Å². The number of aromatic nitrogens is 6. The second kappa shape index (κ2) is 8.92. The van der Waals surface area contributed by atoms with Crippen molar-refractivity contribution in [2.24, 2.45) is 11.3 Å². The van der Waals surface area contributed by atoms with Crippen LogP contribution < -0.4 is 0 Å². The summed E-state index contributed by atoms with van der Waals surface area (Å²) in [6.45, 7) is 8.78. The monoisotopic (exact) mass is 492 g/mol. The number of nitrogens with one attached hydrogen (secondary N) is 1. The third-order valence-corrected chi connectivity index (χ3v) is 7.66. The third-order valence-electron chi connectivity index (χ3n) is 7.66. The summed E-state index contributed by atoms with van der Waals surface area (Å²) in [4.78, 5) is 17.8. The van der Waals surface area contributed by atoms with Crippen LogP contribution in [0.1, 0.15) is 49.3 Å². The molecule has 0 bridgehead atoms. The summed E-state index contributed by atoms with van der Waals surface area (Å²) < 4.78 is 1.76. The standard InChI is InChI=1S/C30H32N6O/c1-18-8-7-11-23(33-18)29-28(20-12-13-26-31-17-32-36(26)16-20)34-25(35-29)15-22(30(2,3)4)27-21-10-6-5-9-19(21)14-24(27)37/h5-13,16-17,22,24,27,37H,14-15H2,1-4H3,(H,34,35)/t22?,24-,27-/m1/s1. The molecule has 5 aromatic rings. The van der Waals surface area contributed by atoms with Gasteiger partial charge in [0.2, 0.25) is 0 Å². The molecule has 1 aliphatic carbocycles. The fourth-order valence-electron chi connectivity index (χ4n) is 5.82. The molecule has 3 atom stereocenters. The number of benzene rings is 1. The molecule has 2 N–H and O–H groups in total. The maximum Gasteiger partial charge on any atom is 0.155 e. The first kappa shape index (κ1) is 23.6. The van der Waals surface area contributed by atoms with Gasteiger partial charge < -0.3 is 10.1 Å². The molecule has 0 amide bonds. The van der Waals surface area contributed by atoms with Crippen LogP contribution in [0.5, 0.6) is 0 Å². The van der Waals surface area contributed by atoms with Crippen LogP contribution in [0.3, 0.4) is 0 Å². The average Bonchev–Trinajstić information content (AvgIpc) is 3.58. The molecular formula is C30H32N6O. The largest absolute Gasteiger partial charge is 0.392 e. The smallest absolute Gasteiger partial charge is 0.155 e. The van der Waals surface area contributed by atoms with E-state index in [1.54, 1.807) is 10.8 Å². The molecule has 188 valence electrons. The van der Waals surface area contributed by atoms with Crippen molar-refractivity contribution in [3.63, 3.8) is 0 Å². The predicted molar refractivity (Wildman–Crippen MR) is 144 cm³/mol. The van der Waals surface area contributed by atoms with Gasteiger partial charge in [0.25, 0.3) is 0 Å². The Kier molecular flexibility index (Phi) is 5.68. The average molecular weight is 493 g/mol. The van der Waals surface area contributed by atoms with Crippen LogP contribution in [0.4, 0.5) is 0 Å². The fourth-order valence-corrected chi connectivity index (χ4v) is 5.82. The van der Waals surface area contributed by atoms with E-state index < -0.39 is 6.10 Å². The van der Waals surface area contributed by atoms with Crippen molar-refractivity contribution in [3.05, 3.63) is 89.8 Å². The molecule has 1 aromatic carbocycles. The van der Waals surface area contributed by atoms with Gasteiger partial charge in [0, 0.05) is 29.8 Å². The number of rotatable bonds is 5. The summed E-state index contributed by atoms with van der Waals surface area (Å²) in [6, 6.07) is 18.5. The zero-order valence-electron chi connectivity index (χ0n) is 21.7. The predicted octanol–water partition coefficient (Wildman–Crippen LogP) is 5.40. The molecule has 0 fully saturated rings. The van der Waals surface area contributed by atoms with Crippen LogP contribution in [0.2, 0.25) is 0 Å². The van der Waals surface area contributed by atoms with Crippen LogP contribution in [0, 0.1) is 18.3 Å². The van der Waals surface area contributed by atoms with Crippen LogP contribution in [-0.4, -0.2) is 40.8 Å². The molecule has 0 aliphatic heterocycles. The van der Waals surface area contributed by atoms with E-state index in [4.69, 9.17) is 9.97 Å². The molecule has 37 heavy (non-hydrogen) atoms. The summed E-state index contributed by atoms with van der Waals surface area (Å²) in [5.41, 5.74) is 7.73. The van der Waals surface area contributed by atoms with Crippen LogP contribution in [-0.2, 0) is 12.8 Å². The second-order valence-corrected chi connectivity index (χ2v) is 11.2. The van der Waals surface area contributed by atoms with E-state index in [2.05, 4.69) is 60.1 Å². The Bertz CT molecular complexity index is 1580. The Hall–Kier alpha value is -3.84. The van der Waals surface area contributed by atoms with Crippen LogP contribution in [0.25, 0.3) is 28.3 Å². The van der Waals surface area contributed by atoms with Gasteiger partial charge in [0.1, 0.15) is 12.2 Å². The molecule has 0 radical (unpaired) electrons. The highest BCUT2D eigenvalue weighted by Gasteiger charge is 2.42. The molecule has 7 heteroatoms. The molecule has 4 heterocycles. The number of aromatic amines is 1. The van der Waals surface area contributed by atoms with Gasteiger partial charge in [0.05, 0.1) is 23.2 Å². The van der Waals surface area contributed by atoms with E-state index in [-0.39, 0.29) is 17.3 Å². The summed E-state index contributed by atoms with van der Waals surface area (Å²) in [6.07, 6.45) is 4.52. The van der Waals surface area contributed by atoms with E-state index >= 15 is 0 Å². The van der Waals surface area contributed by atoms with Gasteiger partial charge in [-0.2, -0.15) is 5.10 Å². The fraction of sp³-hybridized carbons (Fsp3) is 0.333. The van der Waals surface area contributed by atoms with E-state index in [1.165, 1.54) is 11.1 Å². The lowest BCUT2D eigenvalue weighted by molar-refractivity contribution is 0.0830. The number of hydrogen-bond donors (Lipinski definition) is 2. The number of imidazole rings is 1. The van der Waals surface area contributed by atoms with Gasteiger partial charge in [-0.25, -0.2) is 14.5 Å². The van der Waals surface area contributed by atoms with Gasteiger partial charge in [-0.1, -0.05) is 51.1 Å². The second-order valence-electron chi connectivity index (χ2n) is 11.2. The molecule has 0 spiro atoms. The van der Waals surface area contributed by atoms with Gasteiger partial charge in [-0.3, -0.25) is 4.98 Å². The number of nitrogens with zero attached hydrogens (tertiary/aromatic N) is 5. The van der Waals surface area contributed by atoms with Crippen molar-refractivity contribution in [2.75, 3.05) is 0 Å². The lowest BCUT2D eigenvalue weighted by Gasteiger charge is -2.37. The molecule has 6 rings (SSSR count). The minimum atomic E-state index is -0.399. The number of hydrogen-bond acceptors (Lipinski definition) is 5. The maximum absolute atomic E-state index is 11.2. The number of pyridine rings is 2. The molecule has 0 saturated carbocycles. The lowest BCUT2D eigenvalue weighted by Crippen LogP contribution is -2.33. The molecule has 1 aliphatic rings. The molecule has 1 unspecified atom stereocenters. The first-order valence-corrected chi connectivity index (χ1v) is 12.9. The number of aliphatic hydroxyl groups excluding tert-OH is 1. The minimum absolute atomic E-state index is 0.0442. The first-order valence-electron chi connectivity index (χ1n) is 12.9. The number of H-pyrrole nitrogens is 1. The minimum Gasteiger partial charge on any atom is -0.392 e. The van der Waals surface area contributed by atoms with Crippen molar-refractivity contribution < 1.29 is 5.11 Å². The van der Waals surface area contributed by atoms with E-state index in [9.17, 15) is 5.11 Å². The number of fused-ring (bicyclic) bond motifs is 2. The number of aryl methyl sites for hydroxylation is 1. The van der Waals surface area contributed by atoms with Crippen LogP contribution >= 0.6 is 0 Å². The Morgan fingerprint density at radius 2 is 1.89 bits per heavy atom. The van der Waals surface area contributed by atoms with Crippen molar-refractivity contribution in [3.8, 4) is 22.6 Å². The lowest BCUT2D eigenvalue weighted by atomic mass is 9.69. The Balaban J connectivity index is 1.45. The summed E-state index contributed by atoms with van der Waals surface area (Å²) in [5, 5.41) is 15.5. The molecule has 4 aromatic heterocycles. The van der Waals surface area contributed by atoms with Crippen molar-refractivity contribution in [1.29, 1.82) is 0 Å².